The van der Waals surface area contributed by atoms with E-state index in [0.717, 1.165) is 6.07 Å². The normalized spacial score (nSPS) is 11.3. The molecule has 0 unspecified atom stereocenters. The molecule has 1 aromatic heterocycles. The summed E-state index contributed by atoms with van der Waals surface area (Å²) in [6.45, 7) is 1.52. The van der Waals surface area contributed by atoms with Gasteiger partial charge in [0.25, 0.3) is 10.0 Å². The first kappa shape index (κ1) is 14.2. The summed E-state index contributed by atoms with van der Waals surface area (Å²) in [5.74, 6) is -1.40. The van der Waals surface area contributed by atoms with Gasteiger partial charge in [-0.25, -0.2) is 22.2 Å². The molecule has 2 rings (SSSR count). The number of sulfonamides is 1. The smallest absolute Gasteiger partial charge is 0.264 e. The summed E-state index contributed by atoms with van der Waals surface area (Å²) in [5, 5.41) is 3.86. The van der Waals surface area contributed by atoms with Gasteiger partial charge >= 0.3 is 0 Å². The number of carbonyl (C=O) groups is 1. The number of nitrogens with one attached hydrogen (secondary N) is 1. The average Bonchev–Trinajstić information content (AvgIpc) is 2.91. The molecule has 0 fully saturated rings. The van der Waals surface area contributed by atoms with E-state index in [1.54, 1.807) is 6.07 Å². The lowest BCUT2D eigenvalue weighted by molar-refractivity contribution is -0.119. The van der Waals surface area contributed by atoms with E-state index in [0.29, 0.717) is 0 Å². The number of hydrogen-bond donors (Lipinski definition) is 1. The zero-order chi connectivity index (χ0) is 14.8. The minimum atomic E-state index is -4.05. The monoisotopic (exact) mass is 297 g/mol. The van der Waals surface area contributed by atoms with E-state index in [-0.39, 0.29) is 17.0 Å². The second-order valence-corrected chi connectivity index (χ2v) is 5.63. The van der Waals surface area contributed by atoms with E-state index in [1.165, 1.54) is 36.1 Å². The zero-order valence-corrected chi connectivity index (χ0v) is 11.4. The van der Waals surface area contributed by atoms with Gasteiger partial charge in [-0.3, -0.25) is 4.79 Å². The molecule has 106 valence electrons. The highest BCUT2D eigenvalue weighted by atomic mass is 32.2. The molecular weight excluding hydrogens is 285 g/mol. The molecule has 0 atom stereocenters. The highest BCUT2D eigenvalue weighted by Gasteiger charge is 2.18. The number of amides is 1. The number of carbonyl (C=O) groups excluding carboxylic acids is 1. The molecule has 0 saturated heterocycles. The maximum Gasteiger partial charge on any atom is 0.264 e. The van der Waals surface area contributed by atoms with Crippen LogP contribution < -0.4 is 4.72 Å². The van der Waals surface area contributed by atoms with Crippen LogP contribution in [-0.4, -0.2) is 24.1 Å². The second-order valence-electron chi connectivity index (χ2n) is 3.95. The Balaban J connectivity index is 2.37. The Morgan fingerprint density at radius 2 is 2.20 bits per heavy atom. The molecule has 1 N–H and O–H groups in total. The third-order valence-electron chi connectivity index (χ3n) is 2.55. The Labute approximate surface area is 115 Å². The van der Waals surface area contributed by atoms with Crippen molar-refractivity contribution < 1.29 is 17.6 Å². The van der Waals surface area contributed by atoms with Crippen LogP contribution in [0.3, 0.4) is 0 Å². The minimum absolute atomic E-state index is 0.0209. The van der Waals surface area contributed by atoms with Crippen molar-refractivity contribution in [3.05, 3.63) is 42.5 Å². The first-order valence-corrected chi connectivity index (χ1v) is 7.27. The van der Waals surface area contributed by atoms with Gasteiger partial charge in [-0.15, -0.1) is 0 Å². The maximum atomic E-state index is 13.9. The van der Waals surface area contributed by atoms with Crippen molar-refractivity contribution in [3.63, 3.8) is 0 Å². The quantitative estimate of drug-likeness (QED) is 0.920. The van der Waals surface area contributed by atoms with Crippen molar-refractivity contribution in [1.82, 2.24) is 14.5 Å². The lowest BCUT2D eigenvalue weighted by Gasteiger charge is -2.08. The minimum Gasteiger partial charge on any atom is -0.274 e. The molecule has 0 saturated carbocycles. The number of rotatable bonds is 4. The first-order valence-electron chi connectivity index (χ1n) is 5.79. The summed E-state index contributed by atoms with van der Waals surface area (Å²) in [5.41, 5.74) is 0.121. The average molecular weight is 297 g/mol. The topological polar surface area (TPSA) is 81.1 Å². The lowest BCUT2D eigenvalue weighted by Crippen LogP contribution is -2.29. The van der Waals surface area contributed by atoms with Crippen LogP contribution in [-0.2, 0) is 14.8 Å². The second kappa shape index (κ2) is 5.41. The summed E-state index contributed by atoms with van der Waals surface area (Å²) < 4.78 is 40.7. The van der Waals surface area contributed by atoms with Crippen molar-refractivity contribution in [3.8, 4) is 5.69 Å². The van der Waals surface area contributed by atoms with Gasteiger partial charge in [0, 0.05) is 18.8 Å². The largest absolute Gasteiger partial charge is 0.274 e. The Kier molecular flexibility index (Phi) is 3.84. The standard InChI is InChI=1S/C12H12FN3O3S/c1-2-12(17)15-20(18,19)9-4-5-11(10(13)8-9)16-7-3-6-14-16/h3-8H,2H2,1H3,(H,15,17). The summed E-state index contributed by atoms with van der Waals surface area (Å²) in [4.78, 5) is 10.8. The molecule has 0 bridgehead atoms. The molecular formula is C12H12FN3O3S. The third kappa shape index (κ3) is 2.85. The van der Waals surface area contributed by atoms with Crippen LogP contribution >= 0.6 is 0 Å². The Hall–Kier alpha value is -2.22. The van der Waals surface area contributed by atoms with E-state index in [1.807, 2.05) is 4.72 Å². The molecule has 6 nitrogen and oxygen atoms in total. The fourth-order valence-electron chi connectivity index (χ4n) is 1.53. The van der Waals surface area contributed by atoms with Crippen molar-refractivity contribution in [2.75, 3.05) is 0 Å². The van der Waals surface area contributed by atoms with Gasteiger partial charge in [-0.1, -0.05) is 6.92 Å². The van der Waals surface area contributed by atoms with Crippen LogP contribution in [0.1, 0.15) is 13.3 Å². The van der Waals surface area contributed by atoms with Gasteiger partial charge in [0.1, 0.15) is 11.5 Å². The van der Waals surface area contributed by atoms with Crippen molar-refractivity contribution in [2.24, 2.45) is 0 Å². The molecule has 0 spiro atoms. The molecule has 20 heavy (non-hydrogen) atoms. The highest BCUT2D eigenvalue weighted by Crippen LogP contribution is 2.17. The number of nitrogens with zero attached hydrogens (tertiary/aromatic N) is 2. The van der Waals surface area contributed by atoms with Gasteiger partial charge in [0.15, 0.2) is 0 Å². The molecule has 8 heteroatoms. The first-order chi connectivity index (χ1) is 9.44. The van der Waals surface area contributed by atoms with Gasteiger partial charge < -0.3 is 0 Å². The predicted molar refractivity (Wildman–Crippen MR) is 69.1 cm³/mol. The van der Waals surface area contributed by atoms with Crippen molar-refractivity contribution in [2.45, 2.75) is 18.2 Å². The van der Waals surface area contributed by atoms with Crippen LogP contribution in [0.2, 0.25) is 0 Å². The summed E-state index contributed by atoms with van der Waals surface area (Å²) in [7, 11) is -4.05. The lowest BCUT2D eigenvalue weighted by atomic mass is 10.3. The number of halogens is 1. The fourth-order valence-corrected chi connectivity index (χ4v) is 2.60. The number of aromatic nitrogens is 2. The number of hydrogen-bond acceptors (Lipinski definition) is 4. The molecule has 1 amide bonds. The molecule has 0 aliphatic rings. The summed E-state index contributed by atoms with van der Waals surface area (Å²) in [6.07, 6.45) is 3.03. The van der Waals surface area contributed by atoms with Crippen molar-refractivity contribution in [1.29, 1.82) is 0 Å². The molecule has 0 aliphatic heterocycles. The summed E-state index contributed by atoms with van der Waals surface area (Å²) in [6, 6.07) is 4.96. The van der Waals surface area contributed by atoms with E-state index in [2.05, 4.69) is 5.10 Å². The van der Waals surface area contributed by atoms with Gasteiger partial charge in [-0.2, -0.15) is 5.10 Å². The Bertz CT molecular complexity index is 726. The molecule has 1 aromatic carbocycles. The van der Waals surface area contributed by atoms with Crippen LogP contribution in [0.15, 0.2) is 41.6 Å². The van der Waals surface area contributed by atoms with Crippen LogP contribution in [0.25, 0.3) is 5.69 Å². The predicted octanol–water partition coefficient (Wildman–Crippen LogP) is 1.23. The molecule has 1 heterocycles. The fraction of sp³-hybridized carbons (Fsp3) is 0.167. The zero-order valence-electron chi connectivity index (χ0n) is 10.6. The Morgan fingerprint density at radius 3 is 2.75 bits per heavy atom. The third-order valence-corrected chi connectivity index (χ3v) is 3.92. The van der Waals surface area contributed by atoms with E-state index in [9.17, 15) is 17.6 Å². The SMILES string of the molecule is CCC(=O)NS(=O)(=O)c1ccc(-n2cccn2)c(F)c1. The maximum absolute atomic E-state index is 13.9. The van der Waals surface area contributed by atoms with Crippen LogP contribution in [0.4, 0.5) is 4.39 Å². The van der Waals surface area contributed by atoms with E-state index in [4.69, 9.17) is 0 Å². The molecule has 0 radical (unpaired) electrons. The van der Waals surface area contributed by atoms with Gasteiger partial charge in [0.05, 0.1) is 4.90 Å². The molecule has 0 aliphatic carbocycles. The Morgan fingerprint density at radius 1 is 1.45 bits per heavy atom. The van der Waals surface area contributed by atoms with Gasteiger partial charge in [-0.05, 0) is 24.3 Å². The number of benzene rings is 1. The van der Waals surface area contributed by atoms with E-state index >= 15 is 0 Å². The van der Waals surface area contributed by atoms with Gasteiger partial charge in [0.2, 0.25) is 5.91 Å². The summed E-state index contributed by atoms with van der Waals surface area (Å²) >= 11 is 0. The van der Waals surface area contributed by atoms with Crippen molar-refractivity contribution >= 4 is 15.9 Å². The van der Waals surface area contributed by atoms with Crippen LogP contribution in [0.5, 0.6) is 0 Å². The van der Waals surface area contributed by atoms with Crippen LogP contribution in [0, 0.1) is 5.82 Å². The molecule has 2 aromatic rings. The highest BCUT2D eigenvalue weighted by molar-refractivity contribution is 7.90. The van der Waals surface area contributed by atoms with E-state index < -0.39 is 21.7 Å².